The van der Waals surface area contributed by atoms with Crippen molar-refractivity contribution in [3.8, 4) is 0 Å². The molecule has 1 amide bonds. The van der Waals surface area contributed by atoms with Crippen molar-refractivity contribution in [2.45, 2.75) is 32.4 Å². The zero-order valence-corrected chi connectivity index (χ0v) is 8.16. The number of aliphatic imine (C=N–C) groups is 2. The molecule has 0 radical (unpaired) electrons. The van der Waals surface area contributed by atoms with Crippen molar-refractivity contribution in [1.29, 1.82) is 0 Å². The molecule has 1 N–H and O–H groups in total. The Balaban J connectivity index is 2.10. The average Bonchev–Trinajstić information content (AvgIpc) is 2.63. The summed E-state index contributed by atoms with van der Waals surface area (Å²) in [5.74, 6) is -0.0962. The molecule has 2 aliphatic rings. The Morgan fingerprint density at radius 1 is 1.57 bits per heavy atom. The highest BCUT2D eigenvalue weighted by Gasteiger charge is 2.26. The number of nitrogens with one attached hydrogen (secondary N) is 1. The van der Waals surface area contributed by atoms with Gasteiger partial charge in [0.15, 0.2) is 5.71 Å². The van der Waals surface area contributed by atoms with Crippen LogP contribution in [-0.4, -0.2) is 23.5 Å². The fourth-order valence-corrected chi connectivity index (χ4v) is 1.56. The molecule has 2 aliphatic heterocycles. The molecule has 2 rings (SSSR count). The Morgan fingerprint density at radius 3 is 3.21 bits per heavy atom. The second-order valence-corrected chi connectivity index (χ2v) is 3.44. The van der Waals surface area contributed by atoms with Gasteiger partial charge in [-0.1, -0.05) is 13.3 Å². The Hall–Kier alpha value is -1.45. The van der Waals surface area contributed by atoms with Crippen LogP contribution in [0.2, 0.25) is 0 Å². The lowest BCUT2D eigenvalue weighted by molar-refractivity contribution is -0.115. The number of unbranched alkanes of at least 4 members (excludes halogenated alkanes) is 1. The second-order valence-electron chi connectivity index (χ2n) is 3.44. The molecule has 14 heavy (non-hydrogen) atoms. The molecule has 0 bridgehead atoms. The van der Waals surface area contributed by atoms with Gasteiger partial charge >= 0.3 is 0 Å². The number of hydrogen-bond donors (Lipinski definition) is 1. The summed E-state index contributed by atoms with van der Waals surface area (Å²) in [4.78, 5) is 19.8. The van der Waals surface area contributed by atoms with E-state index in [1.54, 1.807) is 12.3 Å². The lowest BCUT2D eigenvalue weighted by Crippen LogP contribution is -2.45. The summed E-state index contributed by atoms with van der Waals surface area (Å²) in [6, 6.07) is 0. The third-order valence-electron chi connectivity index (χ3n) is 2.32. The monoisotopic (exact) mass is 191 g/mol. The molecule has 0 aromatic heterocycles. The van der Waals surface area contributed by atoms with Crippen LogP contribution in [-0.2, 0) is 4.79 Å². The number of hydrogen-bond acceptors (Lipinski definition) is 3. The lowest BCUT2D eigenvalue weighted by atomic mass is 10.1. The molecule has 1 unspecified atom stereocenters. The summed E-state index contributed by atoms with van der Waals surface area (Å²) in [5, 5.41) is 2.83. The first-order valence-corrected chi connectivity index (χ1v) is 4.94. The van der Waals surface area contributed by atoms with Crippen LogP contribution in [0.3, 0.4) is 0 Å². The summed E-state index contributed by atoms with van der Waals surface area (Å²) in [5.41, 5.74) is 1.19. The molecule has 74 valence electrons. The number of carbonyl (C=O) groups excluding carboxylic acids is 1. The van der Waals surface area contributed by atoms with Crippen molar-refractivity contribution in [2.24, 2.45) is 9.98 Å². The van der Waals surface area contributed by atoms with E-state index in [1.807, 2.05) is 0 Å². The fraction of sp³-hybridized carbons (Fsp3) is 0.500. The van der Waals surface area contributed by atoms with Gasteiger partial charge in [0.25, 0.3) is 5.91 Å². The average molecular weight is 191 g/mol. The lowest BCUT2D eigenvalue weighted by Gasteiger charge is -2.19. The van der Waals surface area contributed by atoms with E-state index in [4.69, 9.17) is 0 Å². The smallest absolute Gasteiger partial charge is 0.273 e. The molecule has 0 spiro atoms. The van der Waals surface area contributed by atoms with Crippen LogP contribution < -0.4 is 5.32 Å². The molecule has 0 fully saturated rings. The van der Waals surface area contributed by atoms with Gasteiger partial charge in [-0.3, -0.25) is 9.79 Å². The van der Waals surface area contributed by atoms with E-state index in [1.165, 1.54) is 0 Å². The summed E-state index contributed by atoms with van der Waals surface area (Å²) in [6.07, 6.45) is 6.46. The highest BCUT2D eigenvalue weighted by molar-refractivity contribution is 6.70. The first-order chi connectivity index (χ1) is 6.81. The number of nitrogens with zero attached hydrogens (tertiary/aromatic N) is 2. The van der Waals surface area contributed by atoms with Gasteiger partial charge in [-0.25, -0.2) is 4.99 Å². The largest absolute Gasteiger partial charge is 0.329 e. The van der Waals surface area contributed by atoms with Crippen molar-refractivity contribution in [3.05, 3.63) is 12.3 Å². The number of amides is 1. The van der Waals surface area contributed by atoms with E-state index in [2.05, 4.69) is 22.2 Å². The summed E-state index contributed by atoms with van der Waals surface area (Å²) >= 11 is 0. The van der Waals surface area contributed by atoms with Crippen LogP contribution >= 0.6 is 0 Å². The van der Waals surface area contributed by atoms with Crippen molar-refractivity contribution >= 4 is 17.3 Å². The quantitative estimate of drug-likeness (QED) is 0.712. The summed E-state index contributed by atoms with van der Waals surface area (Å²) in [6.45, 7) is 2.13. The molecule has 0 saturated carbocycles. The van der Waals surface area contributed by atoms with E-state index in [9.17, 15) is 4.79 Å². The van der Waals surface area contributed by atoms with Gasteiger partial charge in [-0.05, 0) is 18.9 Å². The molecular weight excluding hydrogens is 178 g/mol. The summed E-state index contributed by atoms with van der Waals surface area (Å²) in [7, 11) is 0. The maximum Gasteiger partial charge on any atom is 0.273 e. The Labute approximate surface area is 82.8 Å². The van der Waals surface area contributed by atoms with Gasteiger partial charge in [0.1, 0.15) is 6.17 Å². The topological polar surface area (TPSA) is 53.8 Å². The molecule has 0 aromatic rings. The summed E-state index contributed by atoms with van der Waals surface area (Å²) < 4.78 is 0. The molecule has 2 heterocycles. The third kappa shape index (κ3) is 1.60. The Bertz CT molecular complexity index is 341. The number of allylic oxidation sites excluding steroid dienone is 1. The van der Waals surface area contributed by atoms with Gasteiger partial charge in [-0.15, -0.1) is 0 Å². The van der Waals surface area contributed by atoms with E-state index in [-0.39, 0.29) is 12.1 Å². The normalized spacial score (nSPS) is 24.1. The molecule has 0 aromatic carbocycles. The van der Waals surface area contributed by atoms with E-state index >= 15 is 0 Å². The molecule has 0 saturated heterocycles. The van der Waals surface area contributed by atoms with Crippen LogP contribution in [0.1, 0.15) is 26.2 Å². The maximum atomic E-state index is 11.5. The number of fused-ring (bicyclic) bond motifs is 1. The van der Waals surface area contributed by atoms with Crippen molar-refractivity contribution < 1.29 is 4.79 Å². The van der Waals surface area contributed by atoms with Crippen LogP contribution in [0, 0.1) is 0 Å². The molecule has 4 nitrogen and oxygen atoms in total. The maximum absolute atomic E-state index is 11.5. The van der Waals surface area contributed by atoms with Gasteiger partial charge in [0.2, 0.25) is 0 Å². The van der Waals surface area contributed by atoms with Gasteiger partial charge in [-0.2, -0.15) is 0 Å². The molecule has 1 atom stereocenters. The predicted octanol–water partition coefficient (Wildman–Crippen LogP) is 1.04. The van der Waals surface area contributed by atoms with Crippen LogP contribution in [0.15, 0.2) is 22.3 Å². The van der Waals surface area contributed by atoms with E-state index in [0.29, 0.717) is 5.71 Å². The Kier molecular flexibility index (Phi) is 2.43. The first-order valence-electron chi connectivity index (χ1n) is 4.94. The molecule has 4 heteroatoms. The highest BCUT2D eigenvalue weighted by atomic mass is 16.2. The van der Waals surface area contributed by atoms with E-state index < -0.39 is 0 Å². The SMILES string of the molecule is CCCCC1N=C2C=CN=C2C(=O)N1. The molecule has 0 aliphatic carbocycles. The van der Waals surface area contributed by atoms with Crippen LogP contribution in [0.25, 0.3) is 0 Å². The van der Waals surface area contributed by atoms with Crippen LogP contribution in [0.4, 0.5) is 0 Å². The third-order valence-corrected chi connectivity index (χ3v) is 2.32. The number of carbonyl (C=O) groups is 1. The van der Waals surface area contributed by atoms with Crippen molar-refractivity contribution in [1.82, 2.24) is 5.32 Å². The van der Waals surface area contributed by atoms with Crippen molar-refractivity contribution in [2.75, 3.05) is 0 Å². The predicted molar refractivity (Wildman–Crippen MR) is 55.5 cm³/mol. The second kappa shape index (κ2) is 3.74. The highest BCUT2D eigenvalue weighted by Crippen LogP contribution is 2.10. The van der Waals surface area contributed by atoms with Gasteiger partial charge < -0.3 is 5.32 Å². The standard InChI is InChI=1S/C10H13N3O/c1-2-3-4-8-12-7-5-6-11-9(7)10(14)13-8/h5-6,8H,2-4H2,1H3,(H,13,14). The van der Waals surface area contributed by atoms with Crippen LogP contribution in [0.5, 0.6) is 0 Å². The van der Waals surface area contributed by atoms with Gasteiger partial charge in [0, 0.05) is 6.20 Å². The zero-order chi connectivity index (χ0) is 9.97. The minimum atomic E-state index is -0.0962. The Morgan fingerprint density at radius 2 is 2.43 bits per heavy atom. The number of rotatable bonds is 3. The first kappa shape index (κ1) is 9.12. The fourth-order valence-electron chi connectivity index (χ4n) is 1.56. The van der Waals surface area contributed by atoms with E-state index in [0.717, 1.165) is 25.0 Å². The minimum absolute atomic E-state index is 0.0563. The minimum Gasteiger partial charge on any atom is -0.329 e. The van der Waals surface area contributed by atoms with Gasteiger partial charge in [0.05, 0.1) is 5.71 Å². The van der Waals surface area contributed by atoms with Crippen molar-refractivity contribution in [3.63, 3.8) is 0 Å². The zero-order valence-electron chi connectivity index (χ0n) is 8.16. The molecular formula is C10H13N3O.